The van der Waals surface area contributed by atoms with Crippen LogP contribution < -0.4 is 0 Å². The number of hydrogen-bond donors (Lipinski definition) is 0. The minimum atomic E-state index is -4.35. The fourth-order valence-electron chi connectivity index (χ4n) is 3.40. The molecule has 1 aromatic rings. The van der Waals surface area contributed by atoms with Gasteiger partial charge in [-0.1, -0.05) is 18.2 Å². The van der Waals surface area contributed by atoms with Crippen LogP contribution in [-0.4, -0.2) is 55.1 Å². The molecule has 24 heavy (non-hydrogen) atoms. The van der Waals surface area contributed by atoms with Crippen LogP contribution in [0.5, 0.6) is 0 Å². The van der Waals surface area contributed by atoms with Crippen molar-refractivity contribution in [2.75, 3.05) is 39.4 Å². The molecule has 4 nitrogen and oxygen atoms in total. The van der Waals surface area contributed by atoms with Crippen LogP contribution in [0, 0.1) is 5.92 Å². The molecule has 2 heterocycles. The Labute approximate surface area is 139 Å². The topological polar surface area (TPSA) is 32.8 Å². The number of morpholine rings is 1. The second kappa shape index (κ2) is 7.11. The number of likely N-dealkylation sites (tertiary alicyclic amines) is 1. The molecule has 2 fully saturated rings. The van der Waals surface area contributed by atoms with Crippen molar-refractivity contribution in [3.63, 3.8) is 0 Å². The minimum absolute atomic E-state index is 0.102. The van der Waals surface area contributed by atoms with E-state index in [1.807, 2.05) is 4.90 Å². The van der Waals surface area contributed by atoms with Crippen molar-refractivity contribution < 1.29 is 22.7 Å². The Morgan fingerprint density at radius 2 is 1.88 bits per heavy atom. The monoisotopic (exact) mass is 342 g/mol. The molecule has 2 saturated heterocycles. The lowest BCUT2D eigenvalue weighted by atomic mass is 10.1. The van der Waals surface area contributed by atoms with E-state index < -0.39 is 11.7 Å². The van der Waals surface area contributed by atoms with Crippen LogP contribution in [-0.2, 0) is 22.3 Å². The van der Waals surface area contributed by atoms with Gasteiger partial charge in [-0.05, 0) is 24.6 Å². The zero-order chi connectivity index (χ0) is 17.2. The van der Waals surface area contributed by atoms with E-state index >= 15 is 0 Å². The van der Waals surface area contributed by atoms with E-state index in [-0.39, 0.29) is 23.9 Å². The number of rotatable bonds is 3. The van der Waals surface area contributed by atoms with Crippen LogP contribution in [0.4, 0.5) is 13.2 Å². The first-order chi connectivity index (χ1) is 11.4. The number of carbonyl (C=O) groups is 1. The summed E-state index contributed by atoms with van der Waals surface area (Å²) in [5, 5.41) is 0. The number of alkyl halides is 3. The second-order valence-electron chi connectivity index (χ2n) is 6.31. The van der Waals surface area contributed by atoms with Crippen molar-refractivity contribution in [3.05, 3.63) is 35.4 Å². The molecule has 7 heteroatoms. The quantitative estimate of drug-likeness (QED) is 0.846. The zero-order valence-corrected chi connectivity index (χ0v) is 13.4. The predicted octanol–water partition coefficient (Wildman–Crippen LogP) is 2.39. The Hall–Kier alpha value is -1.60. The van der Waals surface area contributed by atoms with Gasteiger partial charge in [0, 0.05) is 26.2 Å². The molecule has 1 amide bonds. The normalized spacial score (nSPS) is 22.8. The third-order valence-corrected chi connectivity index (χ3v) is 4.66. The van der Waals surface area contributed by atoms with Crippen molar-refractivity contribution in [2.24, 2.45) is 5.92 Å². The first kappa shape index (κ1) is 17.2. The van der Waals surface area contributed by atoms with Crippen molar-refractivity contribution in [1.29, 1.82) is 0 Å². The Morgan fingerprint density at radius 3 is 2.58 bits per heavy atom. The standard InChI is InChI=1S/C17H21F3N2O2/c18-17(19,20)15-4-2-1-3-13(15)11-21-6-5-14(12-21)16(23)22-7-9-24-10-8-22/h1-4,14H,5-12H2. The van der Waals surface area contributed by atoms with Gasteiger partial charge in [0.1, 0.15) is 0 Å². The molecule has 0 aliphatic carbocycles. The average Bonchev–Trinajstić information content (AvgIpc) is 3.03. The van der Waals surface area contributed by atoms with Crippen LogP contribution in [0.1, 0.15) is 17.5 Å². The maximum Gasteiger partial charge on any atom is 0.416 e. The summed E-state index contributed by atoms with van der Waals surface area (Å²) < 4.78 is 44.5. The first-order valence-corrected chi connectivity index (χ1v) is 8.19. The van der Waals surface area contributed by atoms with Gasteiger partial charge in [0.25, 0.3) is 0 Å². The van der Waals surface area contributed by atoms with E-state index in [2.05, 4.69) is 0 Å². The summed E-state index contributed by atoms with van der Waals surface area (Å²) in [7, 11) is 0. The molecule has 3 rings (SSSR count). The fraction of sp³-hybridized carbons (Fsp3) is 0.588. The molecule has 0 aromatic heterocycles. The van der Waals surface area contributed by atoms with E-state index in [0.717, 1.165) is 6.07 Å². The molecule has 2 aliphatic heterocycles. The molecule has 0 radical (unpaired) electrons. The van der Waals surface area contributed by atoms with Gasteiger partial charge in [0.15, 0.2) is 0 Å². The molecule has 2 aliphatic rings. The first-order valence-electron chi connectivity index (χ1n) is 8.19. The number of carbonyl (C=O) groups excluding carboxylic acids is 1. The lowest BCUT2D eigenvalue weighted by Gasteiger charge is -2.29. The van der Waals surface area contributed by atoms with E-state index in [0.29, 0.717) is 45.8 Å². The van der Waals surface area contributed by atoms with E-state index in [4.69, 9.17) is 4.74 Å². The highest BCUT2D eigenvalue weighted by Gasteiger charge is 2.35. The molecule has 1 aromatic carbocycles. The van der Waals surface area contributed by atoms with E-state index in [1.54, 1.807) is 11.0 Å². The molecule has 132 valence electrons. The van der Waals surface area contributed by atoms with Crippen molar-refractivity contribution in [3.8, 4) is 0 Å². The van der Waals surface area contributed by atoms with Crippen LogP contribution in [0.2, 0.25) is 0 Å². The average molecular weight is 342 g/mol. The molecule has 1 atom stereocenters. The van der Waals surface area contributed by atoms with Gasteiger partial charge in [-0.3, -0.25) is 9.69 Å². The molecule has 1 unspecified atom stereocenters. The largest absolute Gasteiger partial charge is 0.416 e. The Bertz CT molecular complexity index is 585. The van der Waals surface area contributed by atoms with E-state index in [9.17, 15) is 18.0 Å². The van der Waals surface area contributed by atoms with Gasteiger partial charge in [-0.25, -0.2) is 0 Å². The minimum Gasteiger partial charge on any atom is -0.378 e. The van der Waals surface area contributed by atoms with Gasteiger partial charge >= 0.3 is 6.18 Å². The van der Waals surface area contributed by atoms with Gasteiger partial charge < -0.3 is 9.64 Å². The van der Waals surface area contributed by atoms with Crippen molar-refractivity contribution >= 4 is 5.91 Å². The third kappa shape index (κ3) is 3.89. The molecular weight excluding hydrogens is 321 g/mol. The summed E-state index contributed by atoms with van der Waals surface area (Å²) in [5.41, 5.74) is -0.322. The summed E-state index contributed by atoms with van der Waals surface area (Å²) >= 11 is 0. The van der Waals surface area contributed by atoms with Gasteiger partial charge in [0.05, 0.1) is 24.7 Å². The van der Waals surface area contributed by atoms with Crippen molar-refractivity contribution in [2.45, 2.75) is 19.1 Å². The van der Waals surface area contributed by atoms with Crippen LogP contribution >= 0.6 is 0 Å². The summed E-state index contributed by atoms with van der Waals surface area (Å²) in [6, 6.07) is 5.65. The summed E-state index contributed by atoms with van der Waals surface area (Å²) in [6.45, 7) is 3.71. The van der Waals surface area contributed by atoms with Gasteiger partial charge in [-0.2, -0.15) is 13.2 Å². The molecular formula is C17H21F3N2O2. The maximum atomic E-state index is 13.1. The maximum absolute atomic E-state index is 13.1. The highest BCUT2D eigenvalue weighted by Crippen LogP contribution is 2.33. The van der Waals surface area contributed by atoms with Crippen LogP contribution in [0.15, 0.2) is 24.3 Å². The number of ether oxygens (including phenoxy) is 1. The van der Waals surface area contributed by atoms with E-state index in [1.165, 1.54) is 12.1 Å². The number of benzene rings is 1. The Morgan fingerprint density at radius 1 is 1.17 bits per heavy atom. The summed E-state index contributed by atoms with van der Waals surface area (Å²) in [4.78, 5) is 16.2. The van der Waals surface area contributed by atoms with Crippen LogP contribution in [0.3, 0.4) is 0 Å². The predicted molar refractivity (Wildman–Crippen MR) is 82.2 cm³/mol. The fourth-order valence-corrected chi connectivity index (χ4v) is 3.40. The lowest BCUT2D eigenvalue weighted by Crippen LogP contribution is -2.44. The van der Waals surface area contributed by atoms with Gasteiger partial charge in [0.2, 0.25) is 5.91 Å². The second-order valence-corrected chi connectivity index (χ2v) is 6.31. The SMILES string of the molecule is O=C(C1CCN(Cc2ccccc2C(F)(F)F)C1)N1CCOCC1. The number of nitrogens with zero attached hydrogens (tertiary/aromatic N) is 2. The number of hydrogen-bond acceptors (Lipinski definition) is 3. The smallest absolute Gasteiger partial charge is 0.378 e. The highest BCUT2D eigenvalue weighted by atomic mass is 19.4. The van der Waals surface area contributed by atoms with Crippen LogP contribution in [0.25, 0.3) is 0 Å². The summed E-state index contributed by atoms with van der Waals surface area (Å²) in [5.74, 6) is -0.0222. The van der Waals surface area contributed by atoms with Gasteiger partial charge in [-0.15, -0.1) is 0 Å². The summed E-state index contributed by atoms with van der Waals surface area (Å²) in [6.07, 6.45) is -3.65. The third-order valence-electron chi connectivity index (χ3n) is 4.66. The zero-order valence-electron chi connectivity index (χ0n) is 13.4. The molecule has 0 N–H and O–H groups in total. The highest BCUT2D eigenvalue weighted by molar-refractivity contribution is 5.79. The molecule has 0 saturated carbocycles. The van der Waals surface area contributed by atoms with Crippen molar-refractivity contribution in [1.82, 2.24) is 9.80 Å². The lowest BCUT2D eigenvalue weighted by molar-refractivity contribution is -0.140. The molecule has 0 spiro atoms. The molecule has 0 bridgehead atoms. The number of amides is 1. The Kier molecular flexibility index (Phi) is 5.10. The Balaban J connectivity index is 1.62. The number of halogens is 3.